The zero-order valence-corrected chi connectivity index (χ0v) is 16.1. The van der Waals surface area contributed by atoms with Gasteiger partial charge in [0.05, 0.1) is 0 Å². The standard InChI is InChI=1S/C15H28F6O3Si/c1-5-8-9-10-11-12-25(22-6-2,23-7-3)24-13(4,14(16,17)18)15(19,20)21/h5-12H2,1-4H3. The van der Waals surface area contributed by atoms with E-state index in [0.29, 0.717) is 12.8 Å². The molecule has 0 saturated heterocycles. The Labute approximate surface area is 146 Å². The highest BCUT2D eigenvalue weighted by Crippen LogP contribution is 2.47. The summed E-state index contributed by atoms with van der Waals surface area (Å²) in [7, 11) is -4.15. The third kappa shape index (κ3) is 7.07. The first-order valence-electron chi connectivity index (χ1n) is 8.50. The number of rotatable bonds is 12. The van der Waals surface area contributed by atoms with E-state index in [1.165, 1.54) is 13.8 Å². The van der Waals surface area contributed by atoms with Gasteiger partial charge in [0.25, 0.3) is 0 Å². The van der Waals surface area contributed by atoms with Crippen LogP contribution in [-0.4, -0.2) is 40.0 Å². The molecule has 0 bridgehead atoms. The van der Waals surface area contributed by atoms with Crippen molar-refractivity contribution in [3.8, 4) is 0 Å². The molecule has 0 N–H and O–H groups in total. The summed E-state index contributed by atoms with van der Waals surface area (Å²) in [6.45, 7) is 4.78. The molecule has 0 aromatic carbocycles. The predicted octanol–water partition coefficient (Wildman–Crippen LogP) is 5.87. The largest absolute Gasteiger partial charge is 0.501 e. The molecule has 152 valence electrons. The van der Waals surface area contributed by atoms with Gasteiger partial charge in [-0.3, -0.25) is 0 Å². The fraction of sp³-hybridized carbons (Fsp3) is 1.00. The quantitative estimate of drug-likeness (QED) is 0.234. The van der Waals surface area contributed by atoms with Gasteiger partial charge in [-0.1, -0.05) is 32.6 Å². The maximum Gasteiger partial charge on any atom is 0.501 e. The van der Waals surface area contributed by atoms with E-state index in [9.17, 15) is 26.3 Å². The van der Waals surface area contributed by atoms with Crippen molar-refractivity contribution in [1.82, 2.24) is 0 Å². The van der Waals surface area contributed by atoms with Crippen molar-refractivity contribution in [2.45, 2.75) is 83.8 Å². The van der Waals surface area contributed by atoms with E-state index >= 15 is 0 Å². The van der Waals surface area contributed by atoms with Gasteiger partial charge in [-0.15, -0.1) is 0 Å². The molecular weight excluding hydrogens is 370 g/mol. The number of hydrogen-bond acceptors (Lipinski definition) is 3. The molecular formula is C15H28F6O3Si. The summed E-state index contributed by atoms with van der Waals surface area (Å²) in [5.74, 6) is 0. The molecule has 0 heterocycles. The van der Waals surface area contributed by atoms with E-state index in [2.05, 4.69) is 4.43 Å². The molecule has 0 aliphatic rings. The molecule has 0 spiro atoms. The molecule has 0 rings (SSSR count). The fourth-order valence-electron chi connectivity index (χ4n) is 2.27. The third-order valence-electron chi connectivity index (χ3n) is 3.76. The number of halogens is 6. The lowest BCUT2D eigenvalue weighted by Gasteiger charge is -2.40. The smallest absolute Gasteiger partial charge is 0.374 e. The van der Waals surface area contributed by atoms with Crippen molar-refractivity contribution in [2.24, 2.45) is 0 Å². The second-order valence-corrected chi connectivity index (χ2v) is 8.49. The molecule has 0 radical (unpaired) electrons. The third-order valence-corrected chi connectivity index (χ3v) is 6.90. The van der Waals surface area contributed by atoms with Gasteiger partial charge in [-0.2, -0.15) is 26.3 Å². The van der Waals surface area contributed by atoms with Gasteiger partial charge in [0, 0.05) is 19.3 Å². The second-order valence-electron chi connectivity index (χ2n) is 5.84. The van der Waals surface area contributed by atoms with Crippen LogP contribution >= 0.6 is 0 Å². The Morgan fingerprint density at radius 1 is 0.720 bits per heavy atom. The van der Waals surface area contributed by atoms with Crippen LogP contribution in [0.2, 0.25) is 6.04 Å². The summed E-state index contributed by atoms with van der Waals surface area (Å²) < 4.78 is 94.2. The summed E-state index contributed by atoms with van der Waals surface area (Å²) in [5.41, 5.74) is -4.33. The molecule has 0 aliphatic heterocycles. The van der Waals surface area contributed by atoms with Crippen LogP contribution in [0.15, 0.2) is 0 Å². The minimum absolute atomic E-state index is 0.0100. The molecule has 10 heteroatoms. The van der Waals surface area contributed by atoms with Crippen molar-refractivity contribution >= 4 is 8.80 Å². The van der Waals surface area contributed by atoms with Gasteiger partial charge in [0.1, 0.15) is 0 Å². The average Bonchev–Trinajstić information content (AvgIpc) is 2.45. The highest BCUT2D eigenvalue weighted by molar-refractivity contribution is 6.60. The van der Waals surface area contributed by atoms with Crippen LogP contribution < -0.4 is 0 Å². The van der Waals surface area contributed by atoms with E-state index in [1.54, 1.807) is 0 Å². The Bertz CT molecular complexity index is 353. The Balaban J connectivity index is 5.49. The SMILES string of the molecule is CCCCCCC[Si](OCC)(OCC)OC(C)(C(F)(F)F)C(F)(F)F. The Morgan fingerprint density at radius 2 is 1.16 bits per heavy atom. The lowest BCUT2D eigenvalue weighted by Crippen LogP contribution is -2.64. The Kier molecular flexibility index (Phi) is 9.99. The van der Waals surface area contributed by atoms with E-state index in [-0.39, 0.29) is 26.2 Å². The van der Waals surface area contributed by atoms with Crippen LogP contribution in [0, 0.1) is 0 Å². The summed E-state index contributed by atoms with van der Waals surface area (Å²) in [6, 6.07) is -0.0832. The van der Waals surface area contributed by atoms with Gasteiger partial charge in [0.15, 0.2) is 0 Å². The van der Waals surface area contributed by atoms with Gasteiger partial charge in [-0.05, 0) is 27.2 Å². The minimum Gasteiger partial charge on any atom is -0.374 e. The minimum atomic E-state index is -5.64. The van der Waals surface area contributed by atoms with Crippen molar-refractivity contribution < 1.29 is 39.6 Å². The van der Waals surface area contributed by atoms with E-state index in [1.807, 2.05) is 6.92 Å². The van der Waals surface area contributed by atoms with Crippen LogP contribution in [0.1, 0.15) is 59.8 Å². The molecule has 0 aliphatic carbocycles. The summed E-state index contributed by atoms with van der Waals surface area (Å²) in [4.78, 5) is 0. The molecule has 0 unspecified atom stereocenters. The normalized spacial score (nSPS) is 14.2. The first kappa shape index (κ1) is 24.7. The Morgan fingerprint density at radius 3 is 1.52 bits per heavy atom. The van der Waals surface area contributed by atoms with Crippen LogP contribution in [-0.2, 0) is 13.3 Å². The topological polar surface area (TPSA) is 27.7 Å². The monoisotopic (exact) mass is 398 g/mol. The zero-order valence-electron chi connectivity index (χ0n) is 15.1. The zero-order chi connectivity index (χ0) is 19.8. The Hall–Kier alpha value is -0.323. The van der Waals surface area contributed by atoms with E-state index in [4.69, 9.17) is 8.85 Å². The molecule has 0 aromatic rings. The molecule has 25 heavy (non-hydrogen) atoms. The lowest BCUT2D eigenvalue weighted by atomic mass is 10.1. The molecule has 0 fully saturated rings. The van der Waals surface area contributed by atoms with Crippen LogP contribution in [0.4, 0.5) is 26.3 Å². The van der Waals surface area contributed by atoms with Gasteiger partial charge in [0.2, 0.25) is 5.60 Å². The van der Waals surface area contributed by atoms with Crippen LogP contribution in [0.3, 0.4) is 0 Å². The predicted molar refractivity (Wildman–Crippen MR) is 84.2 cm³/mol. The highest BCUT2D eigenvalue weighted by Gasteiger charge is 2.72. The van der Waals surface area contributed by atoms with Gasteiger partial charge < -0.3 is 13.3 Å². The molecule has 0 aromatic heterocycles. The molecule has 0 atom stereocenters. The van der Waals surface area contributed by atoms with Gasteiger partial charge >= 0.3 is 21.2 Å². The fourth-order valence-corrected chi connectivity index (χ4v) is 5.28. The first-order valence-corrected chi connectivity index (χ1v) is 10.4. The number of hydrogen-bond donors (Lipinski definition) is 0. The second kappa shape index (κ2) is 10.1. The van der Waals surface area contributed by atoms with E-state index < -0.39 is 26.8 Å². The molecule has 3 nitrogen and oxygen atoms in total. The number of unbranched alkanes of at least 4 members (excludes halogenated alkanes) is 4. The molecule has 0 amide bonds. The van der Waals surface area contributed by atoms with Crippen LogP contribution in [0.25, 0.3) is 0 Å². The van der Waals surface area contributed by atoms with Crippen molar-refractivity contribution in [3.63, 3.8) is 0 Å². The highest BCUT2D eigenvalue weighted by atomic mass is 28.4. The van der Waals surface area contributed by atoms with Crippen molar-refractivity contribution in [1.29, 1.82) is 0 Å². The average molecular weight is 398 g/mol. The lowest BCUT2D eigenvalue weighted by molar-refractivity contribution is -0.360. The summed E-state index contributed by atoms with van der Waals surface area (Å²) >= 11 is 0. The summed E-state index contributed by atoms with van der Waals surface area (Å²) in [5, 5.41) is 0. The number of alkyl halides is 6. The van der Waals surface area contributed by atoms with E-state index in [0.717, 1.165) is 19.3 Å². The van der Waals surface area contributed by atoms with Crippen molar-refractivity contribution in [2.75, 3.05) is 13.2 Å². The maximum absolute atomic E-state index is 13.2. The van der Waals surface area contributed by atoms with Crippen LogP contribution in [0.5, 0.6) is 0 Å². The first-order chi connectivity index (χ1) is 11.4. The summed E-state index contributed by atoms with van der Waals surface area (Å²) in [6.07, 6.45) is -7.47. The van der Waals surface area contributed by atoms with Gasteiger partial charge in [-0.25, -0.2) is 0 Å². The molecule has 0 saturated carbocycles. The maximum atomic E-state index is 13.2. The van der Waals surface area contributed by atoms with Crippen molar-refractivity contribution in [3.05, 3.63) is 0 Å².